The SMILES string of the molecule is C[C@H](Sc1nc2ccc(Br)cc2c(=O)n1-c1ccccc1)C(=O)N(C)c1ccccc1. The molecule has 0 N–H and O–H groups in total. The van der Waals surface area contributed by atoms with Crippen LogP contribution in [0.5, 0.6) is 0 Å². The zero-order chi connectivity index (χ0) is 22.0. The molecule has 0 aliphatic heterocycles. The minimum absolute atomic E-state index is 0.0686. The number of carbonyl (C=O) groups is 1. The van der Waals surface area contributed by atoms with Gasteiger partial charge in [-0.2, -0.15) is 0 Å². The van der Waals surface area contributed by atoms with Crippen molar-refractivity contribution in [1.29, 1.82) is 0 Å². The predicted octanol–water partition coefficient (Wildman–Crippen LogP) is 5.29. The summed E-state index contributed by atoms with van der Waals surface area (Å²) in [6.07, 6.45) is 0. The highest BCUT2D eigenvalue weighted by molar-refractivity contribution is 9.10. The topological polar surface area (TPSA) is 55.2 Å². The Bertz CT molecular complexity index is 1290. The maximum absolute atomic E-state index is 13.4. The van der Waals surface area contributed by atoms with Gasteiger partial charge in [0, 0.05) is 17.2 Å². The van der Waals surface area contributed by atoms with E-state index in [0.717, 1.165) is 10.2 Å². The lowest BCUT2D eigenvalue weighted by Gasteiger charge is -2.22. The zero-order valence-corrected chi connectivity index (χ0v) is 19.4. The molecule has 0 saturated carbocycles. The smallest absolute Gasteiger partial charge is 0.266 e. The van der Waals surface area contributed by atoms with Crippen LogP contribution in [0.15, 0.2) is 93.3 Å². The van der Waals surface area contributed by atoms with E-state index in [4.69, 9.17) is 4.98 Å². The molecule has 0 saturated heterocycles. The fourth-order valence-electron chi connectivity index (χ4n) is 3.28. The second-order valence-corrected chi connectivity index (χ2v) is 9.25. The molecule has 31 heavy (non-hydrogen) atoms. The first-order valence-electron chi connectivity index (χ1n) is 9.72. The summed E-state index contributed by atoms with van der Waals surface area (Å²) in [7, 11) is 1.75. The van der Waals surface area contributed by atoms with Gasteiger partial charge in [-0.15, -0.1) is 0 Å². The van der Waals surface area contributed by atoms with Gasteiger partial charge in [-0.1, -0.05) is 64.1 Å². The Morgan fingerprint density at radius 1 is 1.03 bits per heavy atom. The molecule has 0 aliphatic rings. The van der Waals surface area contributed by atoms with E-state index in [1.165, 1.54) is 11.8 Å². The standard InChI is InChI=1S/C24H20BrN3O2S/c1-16(22(29)27(2)18-9-5-3-6-10-18)31-24-26-21-14-13-17(25)15-20(21)23(30)28(24)19-11-7-4-8-12-19/h3-16H,1-2H3/t16-/m0/s1. The molecule has 5 nitrogen and oxygen atoms in total. The Morgan fingerprint density at radius 2 is 1.68 bits per heavy atom. The summed E-state index contributed by atoms with van der Waals surface area (Å²) in [6.45, 7) is 1.83. The van der Waals surface area contributed by atoms with Gasteiger partial charge in [-0.05, 0) is 49.4 Å². The van der Waals surface area contributed by atoms with Gasteiger partial charge in [0.15, 0.2) is 5.16 Å². The number of halogens is 1. The second-order valence-electron chi connectivity index (χ2n) is 7.02. The third-order valence-electron chi connectivity index (χ3n) is 4.92. The number of anilines is 1. The number of benzene rings is 3. The van der Waals surface area contributed by atoms with E-state index in [1.807, 2.05) is 79.7 Å². The van der Waals surface area contributed by atoms with Crippen molar-refractivity contribution < 1.29 is 4.79 Å². The number of nitrogens with zero attached hydrogens (tertiary/aromatic N) is 3. The normalized spacial score (nSPS) is 12.0. The molecule has 0 unspecified atom stereocenters. The summed E-state index contributed by atoms with van der Waals surface area (Å²) in [6, 6.07) is 24.3. The number of fused-ring (bicyclic) bond motifs is 1. The van der Waals surface area contributed by atoms with Crippen molar-refractivity contribution in [1.82, 2.24) is 9.55 Å². The predicted molar refractivity (Wildman–Crippen MR) is 130 cm³/mol. The molecule has 4 aromatic rings. The average molecular weight is 494 g/mol. The summed E-state index contributed by atoms with van der Waals surface area (Å²) >= 11 is 4.71. The lowest BCUT2D eigenvalue weighted by molar-refractivity contribution is -0.117. The van der Waals surface area contributed by atoms with Crippen molar-refractivity contribution in [3.05, 3.63) is 93.7 Å². The zero-order valence-electron chi connectivity index (χ0n) is 17.0. The van der Waals surface area contributed by atoms with Gasteiger partial charge in [0.1, 0.15) is 0 Å². The Kier molecular flexibility index (Phi) is 6.25. The summed E-state index contributed by atoms with van der Waals surface area (Å²) < 4.78 is 2.39. The third kappa shape index (κ3) is 4.43. The average Bonchev–Trinajstić information content (AvgIpc) is 2.80. The molecular formula is C24H20BrN3O2S. The molecule has 0 aliphatic carbocycles. The van der Waals surface area contributed by atoms with Crippen molar-refractivity contribution >= 4 is 50.2 Å². The van der Waals surface area contributed by atoms with Gasteiger partial charge in [0.05, 0.1) is 21.8 Å². The van der Waals surface area contributed by atoms with Crippen molar-refractivity contribution in [3.63, 3.8) is 0 Å². The fourth-order valence-corrected chi connectivity index (χ4v) is 4.66. The largest absolute Gasteiger partial charge is 0.315 e. The van der Waals surface area contributed by atoms with Gasteiger partial charge in [-0.3, -0.25) is 14.2 Å². The number of hydrogen-bond donors (Lipinski definition) is 0. The highest BCUT2D eigenvalue weighted by atomic mass is 79.9. The summed E-state index contributed by atoms with van der Waals surface area (Å²) in [5, 5.41) is 0.552. The van der Waals surface area contributed by atoms with Gasteiger partial charge < -0.3 is 4.90 Å². The number of rotatable bonds is 5. The molecule has 0 fully saturated rings. The van der Waals surface area contributed by atoms with E-state index in [1.54, 1.807) is 22.6 Å². The molecule has 1 aromatic heterocycles. The number of aromatic nitrogens is 2. The molecule has 1 amide bonds. The third-order valence-corrected chi connectivity index (χ3v) is 6.45. The summed E-state index contributed by atoms with van der Waals surface area (Å²) in [5.41, 5.74) is 1.95. The quantitative estimate of drug-likeness (QED) is 0.280. The van der Waals surface area contributed by atoms with Crippen LogP contribution >= 0.6 is 27.7 Å². The molecule has 1 heterocycles. The highest BCUT2D eigenvalue weighted by Crippen LogP contribution is 2.27. The first-order chi connectivity index (χ1) is 15.0. The van der Waals surface area contributed by atoms with E-state index in [0.29, 0.717) is 21.7 Å². The van der Waals surface area contributed by atoms with Gasteiger partial charge >= 0.3 is 0 Å². The Balaban J connectivity index is 1.77. The van der Waals surface area contributed by atoms with Crippen LogP contribution < -0.4 is 10.5 Å². The van der Waals surface area contributed by atoms with Gasteiger partial charge in [0.2, 0.25) is 5.91 Å². The van der Waals surface area contributed by atoms with E-state index in [-0.39, 0.29) is 11.5 Å². The molecule has 1 atom stereocenters. The van der Waals surface area contributed by atoms with Crippen molar-refractivity contribution in [2.75, 3.05) is 11.9 Å². The van der Waals surface area contributed by atoms with Crippen LogP contribution in [0.2, 0.25) is 0 Å². The van der Waals surface area contributed by atoms with E-state index in [9.17, 15) is 9.59 Å². The van der Waals surface area contributed by atoms with Crippen LogP contribution in [0.25, 0.3) is 16.6 Å². The van der Waals surface area contributed by atoms with Crippen LogP contribution in [0, 0.1) is 0 Å². The molecule has 0 spiro atoms. The Morgan fingerprint density at radius 3 is 2.35 bits per heavy atom. The number of hydrogen-bond acceptors (Lipinski definition) is 4. The first-order valence-corrected chi connectivity index (χ1v) is 11.4. The minimum atomic E-state index is -0.444. The maximum atomic E-state index is 13.4. The minimum Gasteiger partial charge on any atom is -0.315 e. The lowest BCUT2D eigenvalue weighted by Crippen LogP contribution is -2.33. The van der Waals surface area contributed by atoms with Crippen LogP contribution in [0.4, 0.5) is 5.69 Å². The molecule has 0 bridgehead atoms. The maximum Gasteiger partial charge on any atom is 0.266 e. The van der Waals surface area contributed by atoms with Crippen LogP contribution in [0.1, 0.15) is 6.92 Å². The van der Waals surface area contributed by atoms with Crippen molar-refractivity contribution in [2.24, 2.45) is 0 Å². The molecule has 0 radical (unpaired) electrons. The van der Waals surface area contributed by atoms with E-state index in [2.05, 4.69) is 15.9 Å². The number of thioether (sulfide) groups is 1. The van der Waals surface area contributed by atoms with Gasteiger partial charge in [-0.25, -0.2) is 4.98 Å². The Labute approximate surface area is 192 Å². The van der Waals surface area contributed by atoms with Crippen LogP contribution in [-0.4, -0.2) is 27.8 Å². The molecule has 156 valence electrons. The summed E-state index contributed by atoms with van der Waals surface area (Å²) in [4.78, 5) is 32.8. The fraction of sp³-hybridized carbons (Fsp3) is 0.125. The van der Waals surface area contributed by atoms with E-state index >= 15 is 0 Å². The Hall–Kier alpha value is -2.90. The van der Waals surface area contributed by atoms with Gasteiger partial charge in [0.25, 0.3) is 5.56 Å². The second kappa shape index (κ2) is 9.08. The lowest BCUT2D eigenvalue weighted by atomic mass is 10.2. The molecule has 3 aromatic carbocycles. The van der Waals surface area contributed by atoms with Crippen molar-refractivity contribution in [3.8, 4) is 5.69 Å². The van der Waals surface area contributed by atoms with Crippen LogP contribution in [0.3, 0.4) is 0 Å². The number of para-hydroxylation sites is 2. The number of carbonyl (C=O) groups excluding carboxylic acids is 1. The van der Waals surface area contributed by atoms with Crippen molar-refractivity contribution in [2.45, 2.75) is 17.3 Å². The molecular weight excluding hydrogens is 474 g/mol. The van der Waals surface area contributed by atoms with E-state index < -0.39 is 5.25 Å². The molecule has 7 heteroatoms. The highest BCUT2D eigenvalue weighted by Gasteiger charge is 2.23. The summed E-state index contributed by atoms with van der Waals surface area (Å²) in [5.74, 6) is -0.0686. The first kappa shape index (κ1) is 21.3. The van der Waals surface area contributed by atoms with Crippen LogP contribution in [-0.2, 0) is 4.79 Å². The number of amides is 1. The molecule has 4 rings (SSSR count). The monoisotopic (exact) mass is 493 g/mol.